The average molecular weight is 265 g/mol. The molecule has 5 heteroatoms. The lowest BCUT2D eigenvalue weighted by Crippen LogP contribution is -2.39. The molecule has 1 heterocycles. The Hall–Kier alpha value is -1.36. The van der Waals surface area contributed by atoms with Gasteiger partial charge in [0, 0.05) is 18.3 Å². The van der Waals surface area contributed by atoms with E-state index in [2.05, 4.69) is 24.3 Å². The van der Waals surface area contributed by atoms with E-state index in [1.54, 1.807) is 0 Å². The number of nitrogens with one attached hydrogen (secondary N) is 1. The molecule has 1 aliphatic carbocycles. The Morgan fingerprint density at radius 2 is 2.21 bits per heavy atom. The predicted molar refractivity (Wildman–Crippen MR) is 73.3 cm³/mol. The van der Waals surface area contributed by atoms with Crippen LogP contribution in [0.25, 0.3) is 0 Å². The molecule has 106 valence electrons. The van der Waals surface area contributed by atoms with Gasteiger partial charge >= 0.3 is 5.97 Å². The first-order chi connectivity index (χ1) is 9.02. The van der Waals surface area contributed by atoms with Gasteiger partial charge in [0.1, 0.15) is 6.04 Å². The van der Waals surface area contributed by atoms with Crippen molar-refractivity contribution in [2.75, 3.05) is 0 Å². The maximum Gasteiger partial charge on any atom is 0.320 e. The summed E-state index contributed by atoms with van der Waals surface area (Å²) in [6.07, 6.45) is 3.75. The molecule has 0 saturated heterocycles. The van der Waals surface area contributed by atoms with Gasteiger partial charge in [-0.1, -0.05) is 6.92 Å². The third kappa shape index (κ3) is 3.35. The van der Waals surface area contributed by atoms with Gasteiger partial charge in [-0.05, 0) is 45.1 Å². The number of aliphatic carboxylic acids is 1. The summed E-state index contributed by atoms with van der Waals surface area (Å²) in [5.41, 5.74) is 3.50. The molecule has 2 N–H and O–H groups in total. The van der Waals surface area contributed by atoms with Gasteiger partial charge in [0.2, 0.25) is 0 Å². The maximum atomic E-state index is 11.2. The van der Waals surface area contributed by atoms with Crippen molar-refractivity contribution in [3.05, 3.63) is 17.0 Å². The standard InChI is InChI=1S/C14H23N3O2/c1-4-12-9(2)16-17(10(12)3)8-7-13(14(18)19)15-11-5-6-11/h11,13,15H,4-8H2,1-3H3,(H,18,19). The van der Waals surface area contributed by atoms with E-state index in [0.717, 1.165) is 30.7 Å². The highest BCUT2D eigenvalue weighted by Crippen LogP contribution is 2.20. The number of hydrogen-bond donors (Lipinski definition) is 2. The fraction of sp³-hybridized carbons (Fsp3) is 0.714. The lowest BCUT2D eigenvalue weighted by atomic mass is 10.1. The zero-order chi connectivity index (χ0) is 14.0. The van der Waals surface area contributed by atoms with Gasteiger partial charge in [0.25, 0.3) is 0 Å². The van der Waals surface area contributed by atoms with Crippen LogP contribution in [0.15, 0.2) is 0 Å². The van der Waals surface area contributed by atoms with E-state index in [9.17, 15) is 9.90 Å². The van der Waals surface area contributed by atoms with Gasteiger partial charge in [0.05, 0.1) is 5.69 Å². The first-order valence-electron chi connectivity index (χ1n) is 7.04. The van der Waals surface area contributed by atoms with Gasteiger partial charge < -0.3 is 10.4 Å². The predicted octanol–water partition coefficient (Wildman–Crippen LogP) is 1.66. The lowest BCUT2D eigenvalue weighted by Gasteiger charge is -2.14. The third-order valence-corrected chi connectivity index (χ3v) is 3.83. The van der Waals surface area contributed by atoms with Crippen LogP contribution >= 0.6 is 0 Å². The summed E-state index contributed by atoms with van der Waals surface area (Å²) in [5, 5.41) is 16.9. The second kappa shape index (κ2) is 5.74. The van der Waals surface area contributed by atoms with Gasteiger partial charge in [-0.2, -0.15) is 5.10 Å². The Labute approximate surface area is 114 Å². The van der Waals surface area contributed by atoms with Crippen molar-refractivity contribution in [2.24, 2.45) is 0 Å². The molecule has 0 aliphatic heterocycles. The molecule has 1 aromatic rings. The SMILES string of the molecule is CCc1c(C)nn(CCC(NC2CC2)C(=O)O)c1C. The molecule has 1 fully saturated rings. The molecule has 5 nitrogen and oxygen atoms in total. The summed E-state index contributed by atoms with van der Waals surface area (Å²) in [5.74, 6) is -0.760. The van der Waals surface area contributed by atoms with Crippen LogP contribution in [0.1, 0.15) is 43.1 Å². The first-order valence-corrected chi connectivity index (χ1v) is 7.04. The Morgan fingerprint density at radius 1 is 1.53 bits per heavy atom. The summed E-state index contributed by atoms with van der Waals surface area (Å²) in [6.45, 7) is 6.85. The minimum absolute atomic E-state index is 0.410. The molecule has 1 unspecified atom stereocenters. The van der Waals surface area contributed by atoms with Gasteiger partial charge in [0.15, 0.2) is 0 Å². The molecule has 19 heavy (non-hydrogen) atoms. The van der Waals surface area contributed by atoms with Crippen LogP contribution in [0.3, 0.4) is 0 Å². The number of nitrogens with zero attached hydrogens (tertiary/aromatic N) is 2. The molecule has 1 aliphatic rings. The van der Waals surface area contributed by atoms with Crippen LogP contribution in [0.2, 0.25) is 0 Å². The topological polar surface area (TPSA) is 67.2 Å². The molecular weight excluding hydrogens is 242 g/mol. The molecule has 1 atom stereocenters. The Morgan fingerprint density at radius 3 is 2.68 bits per heavy atom. The van der Waals surface area contributed by atoms with Crippen LogP contribution in [0.4, 0.5) is 0 Å². The van der Waals surface area contributed by atoms with Crippen molar-refractivity contribution in [1.82, 2.24) is 15.1 Å². The molecular formula is C14H23N3O2. The van der Waals surface area contributed by atoms with Crippen molar-refractivity contribution in [1.29, 1.82) is 0 Å². The number of carboxylic acids is 1. The van der Waals surface area contributed by atoms with Crippen LogP contribution in [0.5, 0.6) is 0 Å². The largest absolute Gasteiger partial charge is 0.480 e. The van der Waals surface area contributed by atoms with Crippen LogP contribution in [-0.4, -0.2) is 32.9 Å². The van der Waals surface area contributed by atoms with Crippen LogP contribution in [-0.2, 0) is 17.8 Å². The normalized spacial score (nSPS) is 16.6. The van der Waals surface area contributed by atoms with E-state index >= 15 is 0 Å². The zero-order valence-corrected chi connectivity index (χ0v) is 11.9. The summed E-state index contributed by atoms with van der Waals surface area (Å²) in [6, 6.07) is -0.0470. The number of rotatable bonds is 7. The fourth-order valence-corrected chi connectivity index (χ4v) is 2.53. The molecule has 0 amide bonds. The number of carbonyl (C=O) groups is 1. The molecule has 0 bridgehead atoms. The van der Waals surface area contributed by atoms with E-state index in [1.807, 2.05) is 11.6 Å². The van der Waals surface area contributed by atoms with Crippen molar-refractivity contribution in [3.63, 3.8) is 0 Å². The van der Waals surface area contributed by atoms with E-state index in [0.29, 0.717) is 19.0 Å². The van der Waals surface area contributed by atoms with Crippen molar-refractivity contribution < 1.29 is 9.90 Å². The van der Waals surface area contributed by atoms with E-state index < -0.39 is 12.0 Å². The second-order valence-electron chi connectivity index (χ2n) is 5.35. The Balaban J connectivity index is 1.98. The van der Waals surface area contributed by atoms with Crippen molar-refractivity contribution in [2.45, 2.75) is 65.1 Å². The molecule has 0 aromatic carbocycles. The number of carboxylic acid groups (broad SMARTS) is 1. The molecule has 1 aromatic heterocycles. The average Bonchev–Trinajstić information content (AvgIpc) is 3.12. The van der Waals surface area contributed by atoms with Gasteiger partial charge in [-0.25, -0.2) is 0 Å². The highest BCUT2D eigenvalue weighted by Gasteiger charge is 2.28. The zero-order valence-electron chi connectivity index (χ0n) is 11.9. The van der Waals surface area contributed by atoms with E-state index in [4.69, 9.17) is 0 Å². The number of aryl methyl sites for hydroxylation is 2. The van der Waals surface area contributed by atoms with Crippen LogP contribution in [0, 0.1) is 13.8 Å². The Bertz CT molecular complexity index is 464. The lowest BCUT2D eigenvalue weighted by molar-refractivity contribution is -0.139. The molecule has 2 rings (SSSR count). The summed E-state index contributed by atoms with van der Waals surface area (Å²) in [4.78, 5) is 11.2. The highest BCUT2D eigenvalue weighted by molar-refractivity contribution is 5.73. The molecule has 1 saturated carbocycles. The van der Waals surface area contributed by atoms with E-state index in [1.165, 1.54) is 5.56 Å². The molecule has 0 radical (unpaired) electrons. The highest BCUT2D eigenvalue weighted by atomic mass is 16.4. The summed E-state index contributed by atoms with van der Waals surface area (Å²) >= 11 is 0. The van der Waals surface area contributed by atoms with Crippen molar-refractivity contribution in [3.8, 4) is 0 Å². The van der Waals surface area contributed by atoms with Crippen LogP contribution < -0.4 is 5.32 Å². The van der Waals surface area contributed by atoms with E-state index in [-0.39, 0.29) is 0 Å². The summed E-state index contributed by atoms with van der Waals surface area (Å²) in [7, 11) is 0. The van der Waals surface area contributed by atoms with Gasteiger partial charge in [-0.15, -0.1) is 0 Å². The summed E-state index contributed by atoms with van der Waals surface area (Å²) < 4.78 is 1.94. The quantitative estimate of drug-likeness (QED) is 0.787. The number of aromatic nitrogens is 2. The minimum Gasteiger partial charge on any atom is -0.480 e. The Kier molecular flexibility index (Phi) is 4.24. The maximum absolute atomic E-state index is 11.2. The minimum atomic E-state index is -0.760. The van der Waals surface area contributed by atoms with Crippen molar-refractivity contribution >= 4 is 5.97 Å². The molecule has 0 spiro atoms. The fourth-order valence-electron chi connectivity index (χ4n) is 2.53. The smallest absolute Gasteiger partial charge is 0.320 e. The van der Waals surface area contributed by atoms with Gasteiger partial charge in [-0.3, -0.25) is 9.48 Å². The second-order valence-corrected chi connectivity index (χ2v) is 5.35. The first kappa shape index (κ1) is 14.1. The third-order valence-electron chi connectivity index (χ3n) is 3.83. The number of hydrogen-bond acceptors (Lipinski definition) is 3. The monoisotopic (exact) mass is 265 g/mol.